The molecule has 0 unspecified atom stereocenters. The second-order valence-electron chi connectivity index (χ2n) is 5.15. The lowest BCUT2D eigenvalue weighted by molar-refractivity contribution is 0.0997. The molecule has 0 saturated carbocycles. The second-order valence-corrected chi connectivity index (χ2v) is 5.15. The van der Waals surface area contributed by atoms with Gasteiger partial charge in [0, 0.05) is 24.5 Å². The Morgan fingerprint density at radius 2 is 2.04 bits per heavy atom. The van der Waals surface area contributed by atoms with Gasteiger partial charge < -0.3 is 10.3 Å². The molecule has 0 fully saturated rings. The highest BCUT2D eigenvalue weighted by Crippen LogP contribution is 2.20. The van der Waals surface area contributed by atoms with Gasteiger partial charge in [0.05, 0.1) is 16.6 Å². The van der Waals surface area contributed by atoms with Crippen molar-refractivity contribution in [3.8, 4) is 0 Å². The van der Waals surface area contributed by atoms with Crippen LogP contribution in [0.3, 0.4) is 0 Å². The fourth-order valence-corrected chi connectivity index (χ4v) is 2.36. The number of nitrogens with zero attached hydrogens (tertiary/aromatic N) is 3. The molecule has 0 aliphatic heterocycles. The Kier molecular flexibility index (Phi) is 3.53. The minimum Gasteiger partial charge on any atom is -0.366 e. The van der Waals surface area contributed by atoms with Crippen LogP contribution in [0.1, 0.15) is 26.4 Å². The molecule has 7 nitrogen and oxygen atoms in total. The SMILES string of the molecule is Cc1ncccc1C(=O)Nc1nc2cc(C(N)=O)ccc2n1C. The minimum absolute atomic E-state index is 0.288. The Labute approximate surface area is 132 Å². The number of hydrogen-bond acceptors (Lipinski definition) is 4. The number of primary amides is 1. The molecule has 2 aromatic heterocycles. The maximum Gasteiger partial charge on any atom is 0.259 e. The third-order valence-electron chi connectivity index (χ3n) is 3.64. The summed E-state index contributed by atoms with van der Waals surface area (Å²) in [5, 5.41) is 2.76. The first-order chi connectivity index (χ1) is 11.0. The van der Waals surface area contributed by atoms with Gasteiger partial charge in [0.25, 0.3) is 5.91 Å². The maximum atomic E-state index is 12.4. The third-order valence-corrected chi connectivity index (χ3v) is 3.64. The normalized spacial score (nSPS) is 10.7. The first-order valence-electron chi connectivity index (χ1n) is 6.96. The summed E-state index contributed by atoms with van der Waals surface area (Å²) in [5.41, 5.74) is 8.14. The zero-order valence-corrected chi connectivity index (χ0v) is 12.7. The first kappa shape index (κ1) is 14.7. The summed E-state index contributed by atoms with van der Waals surface area (Å²) in [4.78, 5) is 32.1. The largest absolute Gasteiger partial charge is 0.366 e. The maximum absolute atomic E-state index is 12.4. The molecular weight excluding hydrogens is 294 g/mol. The monoisotopic (exact) mass is 309 g/mol. The molecular formula is C16H15N5O2. The van der Waals surface area contributed by atoms with Crippen molar-refractivity contribution in [2.45, 2.75) is 6.92 Å². The molecule has 0 saturated heterocycles. The van der Waals surface area contributed by atoms with E-state index in [4.69, 9.17) is 5.73 Å². The molecule has 0 atom stereocenters. The highest BCUT2D eigenvalue weighted by molar-refractivity contribution is 6.05. The number of carbonyl (C=O) groups is 2. The van der Waals surface area contributed by atoms with Crippen LogP contribution in [-0.4, -0.2) is 26.3 Å². The number of aromatic nitrogens is 3. The number of hydrogen-bond donors (Lipinski definition) is 2. The summed E-state index contributed by atoms with van der Waals surface area (Å²) in [6, 6.07) is 8.38. The Hall–Kier alpha value is -3.22. The molecule has 3 aromatic rings. The van der Waals surface area contributed by atoms with Crippen molar-refractivity contribution < 1.29 is 9.59 Å². The number of fused-ring (bicyclic) bond motifs is 1. The number of amides is 2. The van der Waals surface area contributed by atoms with Gasteiger partial charge in [0.1, 0.15) is 0 Å². The quantitative estimate of drug-likeness (QED) is 0.767. The van der Waals surface area contributed by atoms with Gasteiger partial charge in [-0.3, -0.25) is 19.9 Å². The number of nitrogens with one attached hydrogen (secondary N) is 1. The summed E-state index contributed by atoms with van der Waals surface area (Å²) >= 11 is 0. The Morgan fingerprint density at radius 1 is 1.26 bits per heavy atom. The van der Waals surface area contributed by atoms with Gasteiger partial charge in [-0.1, -0.05) is 0 Å². The molecule has 2 amide bonds. The van der Waals surface area contributed by atoms with Crippen molar-refractivity contribution in [3.05, 3.63) is 53.3 Å². The summed E-state index contributed by atoms with van der Waals surface area (Å²) in [7, 11) is 1.78. The zero-order valence-electron chi connectivity index (χ0n) is 12.7. The Morgan fingerprint density at radius 3 is 2.74 bits per heavy atom. The number of rotatable bonds is 3. The van der Waals surface area contributed by atoms with Gasteiger partial charge in [-0.25, -0.2) is 4.98 Å². The number of benzene rings is 1. The van der Waals surface area contributed by atoms with E-state index in [1.165, 1.54) is 0 Å². The lowest BCUT2D eigenvalue weighted by Gasteiger charge is -2.06. The van der Waals surface area contributed by atoms with Crippen LogP contribution in [0, 0.1) is 6.92 Å². The number of pyridine rings is 1. The van der Waals surface area contributed by atoms with Gasteiger partial charge in [0.15, 0.2) is 0 Å². The highest BCUT2D eigenvalue weighted by Gasteiger charge is 2.15. The standard InChI is InChI=1S/C16H15N5O2/c1-9-11(4-3-7-18-9)15(23)20-16-19-12-8-10(14(17)22)5-6-13(12)21(16)2/h3-8H,1-2H3,(H2,17,22)(H,19,20,23). The minimum atomic E-state index is -0.519. The van der Waals surface area contributed by atoms with Crippen LogP contribution >= 0.6 is 0 Å². The molecule has 116 valence electrons. The van der Waals surface area contributed by atoms with Crippen LogP contribution in [0.15, 0.2) is 36.5 Å². The van der Waals surface area contributed by atoms with Crippen molar-refractivity contribution in [1.29, 1.82) is 0 Å². The van der Waals surface area contributed by atoms with Crippen LogP contribution in [0.25, 0.3) is 11.0 Å². The van der Waals surface area contributed by atoms with E-state index in [9.17, 15) is 9.59 Å². The molecule has 1 aromatic carbocycles. The first-order valence-corrected chi connectivity index (χ1v) is 6.96. The zero-order chi connectivity index (χ0) is 16.6. The van der Waals surface area contributed by atoms with Gasteiger partial charge in [-0.2, -0.15) is 0 Å². The molecule has 0 radical (unpaired) electrons. The van der Waals surface area contributed by atoms with Crippen LogP contribution in [0.4, 0.5) is 5.95 Å². The topological polar surface area (TPSA) is 103 Å². The van der Waals surface area contributed by atoms with E-state index in [1.54, 1.807) is 55.1 Å². The van der Waals surface area contributed by atoms with E-state index in [1.807, 2.05) is 0 Å². The van der Waals surface area contributed by atoms with Crippen LogP contribution in [0.5, 0.6) is 0 Å². The predicted molar refractivity (Wildman–Crippen MR) is 86.2 cm³/mol. The lowest BCUT2D eigenvalue weighted by Crippen LogP contribution is -2.16. The highest BCUT2D eigenvalue weighted by atomic mass is 16.2. The van der Waals surface area contributed by atoms with Crippen molar-refractivity contribution in [2.75, 3.05) is 5.32 Å². The molecule has 23 heavy (non-hydrogen) atoms. The summed E-state index contributed by atoms with van der Waals surface area (Å²) in [6.07, 6.45) is 1.63. The smallest absolute Gasteiger partial charge is 0.259 e. The molecule has 3 N–H and O–H groups in total. The van der Waals surface area contributed by atoms with Crippen molar-refractivity contribution in [3.63, 3.8) is 0 Å². The van der Waals surface area contributed by atoms with Crippen LogP contribution in [-0.2, 0) is 7.05 Å². The van der Waals surface area contributed by atoms with E-state index in [2.05, 4.69) is 15.3 Å². The third kappa shape index (κ3) is 2.64. The second kappa shape index (κ2) is 5.53. The summed E-state index contributed by atoms with van der Waals surface area (Å²) in [5.74, 6) is -0.423. The average molecular weight is 309 g/mol. The van der Waals surface area contributed by atoms with Crippen LogP contribution in [0.2, 0.25) is 0 Å². The Bertz CT molecular complexity index is 929. The fraction of sp³-hybridized carbons (Fsp3) is 0.125. The lowest BCUT2D eigenvalue weighted by atomic mass is 10.2. The van der Waals surface area contributed by atoms with Crippen LogP contribution < -0.4 is 11.1 Å². The molecule has 7 heteroatoms. The van der Waals surface area contributed by atoms with Gasteiger partial charge in [0.2, 0.25) is 11.9 Å². The fourth-order valence-electron chi connectivity index (χ4n) is 2.36. The van der Waals surface area contributed by atoms with E-state index < -0.39 is 5.91 Å². The van der Waals surface area contributed by atoms with Crippen molar-refractivity contribution >= 4 is 28.8 Å². The number of imidazole rings is 1. The van der Waals surface area contributed by atoms with Crippen molar-refractivity contribution in [2.24, 2.45) is 12.8 Å². The molecule has 2 heterocycles. The Balaban J connectivity index is 1.97. The number of anilines is 1. The van der Waals surface area contributed by atoms with E-state index in [-0.39, 0.29) is 5.91 Å². The summed E-state index contributed by atoms with van der Waals surface area (Å²) in [6.45, 7) is 1.77. The number of carbonyl (C=O) groups excluding carboxylic acids is 2. The van der Waals surface area contributed by atoms with E-state index in [0.717, 1.165) is 5.52 Å². The molecule has 0 bridgehead atoms. The average Bonchev–Trinajstić information content (AvgIpc) is 2.83. The molecule has 0 aliphatic rings. The van der Waals surface area contributed by atoms with Crippen molar-refractivity contribution in [1.82, 2.24) is 14.5 Å². The molecule has 3 rings (SSSR count). The van der Waals surface area contributed by atoms with E-state index in [0.29, 0.717) is 28.3 Å². The van der Waals surface area contributed by atoms with Gasteiger partial charge in [-0.15, -0.1) is 0 Å². The predicted octanol–water partition coefficient (Wildman–Crippen LogP) is 1.63. The van der Waals surface area contributed by atoms with Gasteiger partial charge in [-0.05, 0) is 37.3 Å². The molecule has 0 aliphatic carbocycles. The number of aryl methyl sites for hydroxylation is 2. The molecule has 0 spiro atoms. The summed E-state index contributed by atoms with van der Waals surface area (Å²) < 4.78 is 1.74. The van der Waals surface area contributed by atoms with Gasteiger partial charge >= 0.3 is 0 Å². The number of nitrogens with two attached hydrogens (primary N) is 1. The van der Waals surface area contributed by atoms with E-state index >= 15 is 0 Å².